The smallest absolute Gasteiger partial charge is 0.306 e. The van der Waals surface area contributed by atoms with Crippen molar-refractivity contribution < 1.29 is 24.2 Å². The van der Waals surface area contributed by atoms with E-state index in [0.29, 0.717) is 12.8 Å². The van der Waals surface area contributed by atoms with Crippen molar-refractivity contribution in [3.05, 3.63) is 24.3 Å². The average molecular weight is 481 g/mol. The van der Waals surface area contributed by atoms with Gasteiger partial charge in [0.05, 0.1) is 6.61 Å². The molecule has 34 heavy (non-hydrogen) atoms. The van der Waals surface area contributed by atoms with E-state index in [0.717, 1.165) is 57.8 Å². The Morgan fingerprint density at radius 2 is 1.24 bits per heavy atom. The minimum atomic E-state index is -0.769. The first kappa shape index (κ1) is 32.4. The number of rotatable bonds is 24. The van der Waals surface area contributed by atoms with Crippen molar-refractivity contribution in [1.82, 2.24) is 0 Å². The lowest BCUT2D eigenvalue weighted by molar-refractivity contribution is -0.161. The lowest BCUT2D eigenvalue weighted by Crippen LogP contribution is -2.28. The summed E-state index contributed by atoms with van der Waals surface area (Å²) in [7, 11) is 0. The van der Waals surface area contributed by atoms with Crippen LogP contribution in [0.4, 0.5) is 0 Å². The molecule has 0 bridgehead atoms. The van der Waals surface area contributed by atoms with Gasteiger partial charge in [0.15, 0.2) is 6.10 Å². The number of aliphatic hydroxyl groups is 1. The SMILES string of the molecule is CCC/C=C\C/C=C\CCCCCCCC(=O)OC(CO)COC(=O)CCCCCCCCC. The second-order valence-corrected chi connectivity index (χ2v) is 9.12. The van der Waals surface area contributed by atoms with Gasteiger partial charge in [-0.05, 0) is 38.5 Å². The van der Waals surface area contributed by atoms with Crippen LogP contribution in [0.3, 0.4) is 0 Å². The maximum atomic E-state index is 12.0. The fourth-order valence-electron chi connectivity index (χ4n) is 3.59. The largest absolute Gasteiger partial charge is 0.462 e. The van der Waals surface area contributed by atoms with E-state index in [1.807, 2.05) is 0 Å². The van der Waals surface area contributed by atoms with Gasteiger partial charge in [-0.2, -0.15) is 0 Å². The highest BCUT2D eigenvalue weighted by atomic mass is 16.6. The first-order chi connectivity index (χ1) is 16.6. The molecule has 0 aromatic heterocycles. The molecule has 5 heteroatoms. The highest BCUT2D eigenvalue weighted by molar-refractivity contribution is 5.70. The molecular formula is C29H52O5. The van der Waals surface area contributed by atoms with Gasteiger partial charge in [0.1, 0.15) is 6.61 Å². The second kappa shape index (κ2) is 26.0. The molecule has 0 rings (SSSR count). The molecule has 1 unspecified atom stereocenters. The molecule has 0 spiro atoms. The number of hydrogen-bond donors (Lipinski definition) is 1. The highest BCUT2D eigenvalue weighted by Gasteiger charge is 2.16. The van der Waals surface area contributed by atoms with Crippen LogP contribution in [0.2, 0.25) is 0 Å². The third-order valence-corrected chi connectivity index (χ3v) is 5.73. The van der Waals surface area contributed by atoms with Gasteiger partial charge in [-0.15, -0.1) is 0 Å². The fraction of sp³-hybridized carbons (Fsp3) is 0.793. The number of carbonyl (C=O) groups excluding carboxylic acids is 2. The Balaban J connectivity index is 3.65. The van der Waals surface area contributed by atoms with Crippen molar-refractivity contribution in [2.45, 2.75) is 136 Å². The molecule has 1 N–H and O–H groups in total. The van der Waals surface area contributed by atoms with Gasteiger partial charge in [-0.25, -0.2) is 0 Å². The second-order valence-electron chi connectivity index (χ2n) is 9.12. The number of allylic oxidation sites excluding steroid dienone is 4. The summed E-state index contributed by atoms with van der Waals surface area (Å²) in [6.07, 6.45) is 26.6. The average Bonchev–Trinajstić information content (AvgIpc) is 2.84. The van der Waals surface area contributed by atoms with Gasteiger partial charge in [0.2, 0.25) is 0 Å². The summed E-state index contributed by atoms with van der Waals surface area (Å²) in [5.74, 6) is -0.618. The fourth-order valence-corrected chi connectivity index (χ4v) is 3.59. The van der Waals surface area contributed by atoms with Gasteiger partial charge in [-0.3, -0.25) is 9.59 Å². The van der Waals surface area contributed by atoms with Crippen molar-refractivity contribution in [2.24, 2.45) is 0 Å². The lowest BCUT2D eigenvalue weighted by atomic mass is 10.1. The van der Waals surface area contributed by atoms with Gasteiger partial charge < -0.3 is 14.6 Å². The van der Waals surface area contributed by atoms with Crippen LogP contribution in [0.5, 0.6) is 0 Å². The Morgan fingerprint density at radius 3 is 1.85 bits per heavy atom. The molecule has 0 saturated heterocycles. The van der Waals surface area contributed by atoms with E-state index in [1.165, 1.54) is 44.9 Å². The maximum absolute atomic E-state index is 12.0. The van der Waals surface area contributed by atoms with Crippen LogP contribution in [0.15, 0.2) is 24.3 Å². The summed E-state index contributed by atoms with van der Waals surface area (Å²) in [4.78, 5) is 23.8. The van der Waals surface area contributed by atoms with Crippen molar-refractivity contribution in [2.75, 3.05) is 13.2 Å². The molecule has 0 saturated carbocycles. The predicted molar refractivity (Wildman–Crippen MR) is 141 cm³/mol. The molecule has 198 valence electrons. The molecule has 0 aliphatic rings. The molecule has 0 aromatic rings. The molecule has 0 heterocycles. The number of esters is 2. The number of ether oxygens (including phenoxy) is 2. The van der Waals surface area contributed by atoms with Crippen LogP contribution in [0, 0.1) is 0 Å². The molecule has 0 aromatic carbocycles. The summed E-state index contributed by atoms with van der Waals surface area (Å²) in [6.45, 7) is 3.98. The Labute approximate surface area is 209 Å². The Kier molecular flexibility index (Phi) is 24.8. The van der Waals surface area contributed by atoms with Crippen LogP contribution in [-0.2, 0) is 19.1 Å². The quantitative estimate of drug-likeness (QED) is 0.0874. The molecular weight excluding hydrogens is 428 g/mol. The van der Waals surface area contributed by atoms with Gasteiger partial charge >= 0.3 is 11.9 Å². The van der Waals surface area contributed by atoms with E-state index in [1.54, 1.807) is 0 Å². The van der Waals surface area contributed by atoms with Crippen LogP contribution < -0.4 is 0 Å². The van der Waals surface area contributed by atoms with Gasteiger partial charge in [0, 0.05) is 12.8 Å². The minimum Gasteiger partial charge on any atom is -0.462 e. The van der Waals surface area contributed by atoms with E-state index >= 15 is 0 Å². The van der Waals surface area contributed by atoms with Crippen LogP contribution in [-0.4, -0.2) is 36.4 Å². The topological polar surface area (TPSA) is 72.8 Å². The molecule has 1 atom stereocenters. The van der Waals surface area contributed by atoms with Gasteiger partial charge in [-0.1, -0.05) is 102 Å². The summed E-state index contributed by atoms with van der Waals surface area (Å²) in [5.41, 5.74) is 0. The van der Waals surface area contributed by atoms with E-state index in [9.17, 15) is 14.7 Å². The van der Waals surface area contributed by atoms with E-state index in [-0.39, 0.29) is 25.2 Å². The maximum Gasteiger partial charge on any atom is 0.306 e. The Morgan fingerprint density at radius 1 is 0.676 bits per heavy atom. The molecule has 0 radical (unpaired) electrons. The van der Waals surface area contributed by atoms with E-state index < -0.39 is 6.10 Å². The first-order valence-corrected chi connectivity index (χ1v) is 13.9. The number of carbonyl (C=O) groups is 2. The third-order valence-electron chi connectivity index (χ3n) is 5.73. The van der Waals surface area contributed by atoms with Crippen LogP contribution >= 0.6 is 0 Å². The normalized spacial score (nSPS) is 12.4. The minimum absolute atomic E-state index is 0.0700. The summed E-state index contributed by atoms with van der Waals surface area (Å²) in [5, 5.41) is 9.41. The van der Waals surface area contributed by atoms with E-state index in [4.69, 9.17) is 9.47 Å². The van der Waals surface area contributed by atoms with Crippen molar-refractivity contribution >= 4 is 11.9 Å². The van der Waals surface area contributed by atoms with Crippen molar-refractivity contribution in [1.29, 1.82) is 0 Å². The van der Waals surface area contributed by atoms with Crippen LogP contribution in [0.25, 0.3) is 0 Å². The standard InChI is InChI=1S/C29H52O5/c1-3-5-7-9-11-12-13-14-15-16-18-20-22-24-29(32)34-27(25-30)26-33-28(31)23-21-19-17-10-8-6-4-2/h7,9,12-13,27,30H,3-6,8,10-11,14-26H2,1-2H3/b9-7-,13-12-. The zero-order chi connectivity index (χ0) is 25.1. The Bertz CT molecular complexity index is 527. The summed E-state index contributed by atoms with van der Waals surface area (Å²) >= 11 is 0. The summed E-state index contributed by atoms with van der Waals surface area (Å²) < 4.78 is 10.4. The summed E-state index contributed by atoms with van der Waals surface area (Å²) in [6, 6.07) is 0. The zero-order valence-electron chi connectivity index (χ0n) is 22.1. The van der Waals surface area contributed by atoms with Crippen LogP contribution in [0.1, 0.15) is 129 Å². The molecule has 5 nitrogen and oxygen atoms in total. The highest BCUT2D eigenvalue weighted by Crippen LogP contribution is 2.11. The number of aliphatic hydroxyl groups excluding tert-OH is 1. The predicted octanol–water partition coefficient (Wildman–Crippen LogP) is 7.61. The lowest BCUT2D eigenvalue weighted by Gasteiger charge is -2.15. The Hall–Kier alpha value is -1.62. The molecule has 0 aliphatic heterocycles. The molecule has 0 amide bonds. The van der Waals surface area contributed by atoms with Crippen molar-refractivity contribution in [3.63, 3.8) is 0 Å². The monoisotopic (exact) mass is 480 g/mol. The number of unbranched alkanes of at least 4 members (excludes halogenated alkanes) is 12. The molecule has 0 fully saturated rings. The van der Waals surface area contributed by atoms with Crippen molar-refractivity contribution in [3.8, 4) is 0 Å². The third kappa shape index (κ3) is 23.5. The van der Waals surface area contributed by atoms with E-state index in [2.05, 4.69) is 38.2 Å². The zero-order valence-corrected chi connectivity index (χ0v) is 22.1. The first-order valence-electron chi connectivity index (χ1n) is 13.9. The molecule has 0 aliphatic carbocycles. The number of hydrogen-bond acceptors (Lipinski definition) is 5. The van der Waals surface area contributed by atoms with Gasteiger partial charge in [0.25, 0.3) is 0 Å².